The molecule has 3 atom stereocenters. The summed E-state index contributed by atoms with van der Waals surface area (Å²) in [6, 6.07) is 0.499. The fourth-order valence-corrected chi connectivity index (χ4v) is 2.57. The molecule has 0 spiro atoms. The van der Waals surface area contributed by atoms with Crippen LogP contribution in [0.1, 0.15) is 46.0 Å². The van der Waals surface area contributed by atoms with Crippen LogP contribution in [-0.2, 0) is 4.79 Å². The predicted octanol–water partition coefficient (Wildman–Crippen LogP) is 1.04. The van der Waals surface area contributed by atoms with Crippen LogP contribution >= 0.6 is 0 Å². The summed E-state index contributed by atoms with van der Waals surface area (Å²) in [4.78, 5) is 11.8. The number of carbonyl (C=O) groups excluding carboxylic acids is 1. The number of aliphatic hydroxyl groups is 1. The molecule has 3 unspecified atom stereocenters. The van der Waals surface area contributed by atoms with E-state index in [1.165, 1.54) is 0 Å². The first-order valence-corrected chi connectivity index (χ1v) is 6.79. The lowest BCUT2D eigenvalue weighted by atomic mass is 9.86. The van der Waals surface area contributed by atoms with Gasteiger partial charge in [0.1, 0.15) is 0 Å². The van der Waals surface area contributed by atoms with Crippen molar-refractivity contribution in [3.8, 4) is 0 Å². The molecule has 0 aliphatic heterocycles. The van der Waals surface area contributed by atoms with E-state index in [0.29, 0.717) is 12.3 Å². The molecule has 4 heteroatoms. The van der Waals surface area contributed by atoms with Crippen molar-refractivity contribution < 1.29 is 9.90 Å². The van der Waals surface area contributed by atoms with E-state index in [1.54, 1.807) is 0 Å². The van der Waals surface area contributed by atoms with Gasteiger partial charge in [0.25, 0.3) is 0 Å². The second kappa shape index (κ2) is 7.67. The third-order valence-electron chi connectivity index (χ3n) is 3.45. The Balaban J connectivity index is 2.25. The molecule has 4 nitrogen and oxygen atoms in total. The smallest absolute Gasteiger partial charge is 0.221 e. The maximum atomic E-state index is 11.8. The van der Waals surface area contributed by atoms with Gasteiger partial charge in [-0.25, -0.2) is 0 Å². The van der Waals surface area contributed by atoms with Crippen molar-refractivity contribution in [2.45, 2.75) is 58.0 Å². The van der Waals surface area contributed by atoms with Gasteiger partial charge in [-0.15, -0.1) is 0 Å². The highest BCUT2D eigenvalue weighted by molar-refractivity contribution is 5.76. The van der Waals surface area contributed by atoms with Crippen molar-refractivity contribution in [1.82, 2.24) is 10.6 Å². The topological polar surface area (TPSA) is 61.4 Å². The Bertz CT molecular complexity index is 233. The minimum absolute atomic E-state index is 0.127. The molecule has 3 N–H and O–H groups in total. The zero-order valence-corrected chi connectivity index (χ0v) is 11.0. The van der Waals surface area contributed by atoms with E-state index in [2.05, 4.69) is 10.6 Å². The molecule has 0 aromatic carbocycles. The summed E-state index contributed by atoms with van der Waals surface area (Å²) in [5.74, 6) is 0.502. The molecule has 0 heterocycles. The van der Waals surface area contributed by atoms with Gasteiger partial charge in [-0.2, -0.15) is 0 Å². The van der Waals surface area contributed by atoms with Crippen molar-refractivity contribution >= 4 is 5.91 Å². The van der Waals surface area contributed by atoms with Gasteiger partial charge in [0, 0.05) is 25.1 Å². The minimum Gasteiger partial charge on any atom is -0.396 e. The maximum absolute atomic E-state index is 11.8. The Morgan fingerprint density at radius 1 is 1.47 bits per heavy atom. The van der Waals surface area contributed by atoms with Gasteiger partial charge in [-0.05, 0) is 38.6 Å². The molecule has 1 rings (SSSR count). The van der Waals surface area contributed by atoms with Crippen LogP contribution < -0.4 is 10.6 Å². The fourth-order valence-electron chi connectivity index (χ4n) is 2.57. The second-order valence-corrected chi connectivity index (χ2v) is 5.14. The van der Waals surface area contributed by atoms with E-state index in [0.717, 1.165) is 32.2 Å². The van der Waals surface area contributed by atoms with Crippen molar-refractivity contribution in [2.75, 3.05) is 13.2 Å². The van der Waals surface area contributed by atoms with E-state index in [1.807, 2.05) is 13.8 Å². The zero-order chi connectivity index (χ0) is 12.7. The summed E-state index contributed by atoms with van der Waals surface area (Å²) >= 11 is 0. The van der Waals surface area contributed by atoms with Crippen LogP contribution in [0.5, 0.6) is 0 Å². The SMILES string of the molecule is CCNC(C)CC(=O)NC1CCCC(CO)C1. The largest absolute Gasteiger partial charge is 0.396 e. The van der Waals surface area contributed by atoms with Gasteiger partial charge < -0.3 is 15.7 Å². The van der Waals surface area contributed by atoms with Gasteiger partial charge in [0.15, 0.2) is 0 Å². The summed E-state index contributed by atoms with van der Waals surface area (Å²) in [5, 5.41) is 15.5. The van der Waals surface area contributed by atoms with E-state index in [-0.39, 0.29) is 24.6 Å². The molecule has 1 aliphatic carbocycles. The van der Waals surface area contributed by atoms with Gasteiger partial charge in [-0.3, -0.25) is 4.79 Å². The monoisotopic (exact) mass is 242 g/mol. The number of amides is 1. The number of nitrogens with one attached hydrogen (secondary N) is 2. The Labute approximate surface area is 104 Å². The molecule has 1 fully saturated rings. The number of aliphatic hydroxyl groups excluding tert-OH is 1. The third-order valence-corrected chi connectivity index (χ3v) is 3.45. The van der Waals surface area contributed by atoms with Crippen molar-refractivity contribution in [1.29, 1.82) is 0 Å². The summed E-state index contributed by atoms with van der Waals surface area (Å²) in [6.45, 7) is 5.21. The minimum atomic E-state index is 0.127. The maximum Gasteiger partial charge on any atom is 0.221 e. The first-order chi connectivity index (χ1) is 8.15. The second-order valence-electron chi connectivity index (χ2n) is 5.14. The first kappa shape index (κ1) is 14.5. The van der Waals surface area contributed by atoms with Crippen LogP contribution in [0.3, 0.4) is 0 Å². The highest BCUT2D eigenvalue weighted by Gasteiger charge is 2.22. The summed E-state index contributed by atoms with van der Waals surface area (Å²) in [5.41, 5.74) is 0. The molecule has 100 valence electrons. The van der Waals surface area contributed by atoms with Crippen molar-refractivity contribution in [2.24, 2.45) is 5.92 Å². The van der Waals surface area contributed by atoms with Crippen molar-refractivity contribution in [3.63, 3.8) is 0 Å². The molecule has 1 saturated carbocycles. The highest BCUT2D eigenvalue weighted by atomic mass is 16.3. The number of carbonyl (C=O) groups is 1. The Morgan fingerprint density at radius 2 is 2.24 bits per heavy atom. The van der Waals surface area contributed by atoms with E-state index in [4.69, 9.17) is 5.11 Å². The lowest BCUT2D eigenvalue weighted by Gasteiger charge is -2.29. The molecular weight excluding hydrogens is 216 g/mol. The van der Waals surface area contributed by atoms with Crippen LogP contribution in [0.4, 0.5) is 0 Å². The van der Waals surface area contributed by atoms with Crippen LogP contribution in [0.15, 0.2) is 0 Å². The Hall–Kier alpha value is -0.610. The van der Waals surface area contributed by atoms with Gasteiger partial charge in [0.05, 0.1) is 0 Å². The van der Waals surface area contributed by atoms with Gasteiger partial charge in [0.2, 0.25) is 5.91 Å². The molecule has 0 aromatic heterocycles. The average molecular weight is 242 g/mol. The summed E-state index contributed by atoms with van der Waals surface area (Å²) in [6.07, 6.45) is 4.72. The van der Waals surface area contributed by atoms with Crippen LogP contribution in [0, 0.1) is 5.92 Å². The Morgan fingerprint density at radius 3 is 2.88 bits per heavy atom. The lowest BCUT2D eigenvalue weighted by Crippen LogP contribution is -2.41. The van der Waals surface area contributed by atoms with Crippen LogP contribution in [-0.4, -0.2) is 36.2 Å². The van der Waals surface area contributed by atoms with Crippen LogP contribution in [0.2, 0.25) is 0 Å². The van der Waals surface area contributed by atoms with Crippen LogP contribution in [0.25, 0.3) is 0 Å². The number of hydrogen-bond donors (Lipinski definition) is 3. The molecule has 17 heavy (non-hydrogen) atoms. The summed E-state index contributed by atoms with van der Waals surface area (Å²) in [7, 11) is 0. The normalized spacial score (nSPS) is 26.5. The quantitative estimate of drug-likeness (QED) is 0.652. The molecule has 1 amide bonds. The van der Waals surface area contributed by atoms with Crippen molar-refractivity contribution in [3.05, 3.63) is 0 Å². The first-order valence-electron chi connectivity index (χ1n) is 6.79. The lowest BCUT2D eigenvalue weighted by molar-refractivity contribution is -0.122. The molecule has 0 aromatic rings. The molecule has 0 radical (unpaired) electrons. The predicted molar refractivity (Wildman–Crippen MR) is 68.7 cm³/mol. The molecule has 1 aliphatic rings. The third kappa shape index (κ3) is 5.50. The fraction of sp³-hybridized carbons (Fsp3) is 0.923. The number of rotatable bonds is 6. The standard InChI is InChI=1S/C13H26N2O2/c1-3-14-10(2)7-13(17)15-12-6-4-5-11(8-12)9-16/h10-12,14,16H,3-9H2,1-2H3,(H,15,17). The van der Waals surface area contributed by atoms with E-state index in [9.17, 15) is 4.79 Å². The van der Waals surface area contributed by atoms with Gasteiger partial charge >= 0.3 is 0 Å². The highest BCUT2D eigenvalue weighted by Crippen LogP contribution is 2.23. The molecule has 0 saturated heterocycles. The Kier molecular flexibility index (Phi) is 6.52. The molecule has 0 bridgehead atoms. The average Bonchev–Trinajstić information content (AvgIpc) is 2.29. The number of hydrogen-bond acceptors (Lipinski definition) is 3. The summed E-state index contributed by atoms with van der Waals surface area (Å²) < 4.78 is 0. The molecular formula is C13H26N2O2. The van der Waals surface area contributed by atoms with Gasteiger partial charge in [-0.1, -0.05) is 13.3 Å². The van der Waals surface area contributed by atoms with E-state index >= 15 is 0 Å². The zero-order valence-electron chi connectivity index (χ0n) is 11.0. The van der Waals surface area contributed by atoms with E-state index < -0.39 is 0 Å².